The van der Waals surface area contributed by atoms with Crippen molar-refractivity contribution >= 4 is 11.9 Å². The van der Waals surface area contributed by atoms with Crippen molar-refractivity contribution in [3.63, 3.8) is 0 Å². The summed E-state index contributed by atoms with van der Waals surface area (Å²) in [5.74, 6) is -1.63. The van der Waals surface area contributed by atoms with Gasteiger partial charge in [-0.05, 0) is 19.8 Å². The Morgan fingerprint density at radius 1 is 1.62 bits per heavy atom. The molecular weight excluding hydrogens is 212 g/mol. The molecule has 16 heavy (non-hydrogen) atoms. The van der Waals surface area contributed by atoms with Crippen molar-refractivity contribution in [3.05, 3.63) is 0 Å². The Kier molecular flexibility index (Phi) is 3.88. The Hall–Kier alpha value is -1.14. The van der Waals surface area contributed by atoms with Gasteiger partial charge in [0.2, 0.25) is 5.91 Å². The highest BCUT2D eigenvalue weighted by Crippen LogP contribution is 2.36. The largest absolute Gasteiger partial charge is 0.480 e. The van der Waals surface area contributed by atoms with Gasteiger partial charge in [0.1, 0.15) is 6.04 Å². The fraction of sp³-hybridized carbons (Fsp3) is 0.800. The number of nitrogens with one attached hydrogen (secondary N) is 1. The summed E-state index contributed by atoms with van der Waals surface area (Å²) in [6.45, 7) is 1.11. The van der Waals surface area contributed by atoms with Gasteiger partial charge in [-0.2, -0.15) is 0 Å². The normalized spacial score (nSPS) is 31.1. The van der Waals surface area contributed by atoms with Crippen LogP contribution in [0, 0.1) is 5.41 Å². The number of aliphatic carboxylic acids is 1. The molecule has 1 fully saturated rings. The van der Waals surface area contributed by atoms with E-state index in [0.29, 0.717) is 6.42 Å². The van der Waals surface area contributed by atoms with Crippen molar-refractivity contribution < 1.29 is 19.8 Å². The SMILES string of the molecule is CC1(C(=O)N[C@@H](CO)C(=O)O)CCCC1N. The molecule has 5 N–H and O–H groups in total. The lowest BCUT2D eigenvalue weighted by atomic mass is 9.84. The van der Waals surface area contributed by atoms with Gasteiger partial charge in [-0.25, -0.2) is 4.79 Å². The Labute approximate surface area is 93.8 Å². The average molecular weight is 230 g/mol. The summed E-state index contributed by atoms with van der Waals surface area (Å²) in [6, 6.07) is -1.50. The second-order valence-corrected chi connectivity index (χ2v) is 4.46. The lowest BCUT2D eigenvalue weighted by Crippen LogP contribution is -2.53. The van der Waals surface area contributed by atoms with Crippen molar-refractivity contribution in [2.45, 2.75) is 38.3 Å². The molecule has 1 rings (SSSR count). The van der Waals surface area contributed by atoms with Gasteiger partial charge in [0.25, 0.3) is 0 Å². The van der Waals surface area contributed by atoms with Crippen LogP contribution in [0.1, 0.15) is 26.2 Å². The molecule has 0 aromatic rings. The van der Waals surface area contributed by atoms with Crippen LogP contribution >= 0.6 is 0 Å². The molecule has 6 nitrogen and oxygen atoms in total. The fourth-order valence-electron chi connectivity index (χ4n) is 1.98. The summed E-state index contributed by atoms with van der Waals surface area (Å²) >= 11 is 0. The monoisotopic (exact) mass is 230 g/mol. The summed E-state index contributed by atoms with van der Waals surface area (Å²) in [5, 5.41) is 19.8. The van der Waals surface area contributed by atoms with Crippen LogP contribution in [0.4, 0.5) is 0 Å². The van der Waals surface area contributed by atoms with Crippen LogP contribution in [0.25, 0.3) is 0 Å². The van der Waals surface area contributed by atoms with E-state index >= 15 is 0 Å². The zero-order valence-corrected chi connectivity index (χ0v) is 9.27. The molecule has 1 amide bonds. The lowest BCUT2D eigenvalue weighted by molar-refractivity contribution is -0.145. The molecule has 92 valence electrons. The molecule has 1 aliphatic carbocycles. The minimum atomic E-state index is -1.25. The van der Waals surface area contributed by atoms with Crippen LogP contribution < -0.4 is 11.1 Å². The molecular formula is C10H18N2O4. The molecule has 0 radical (unpaired) electrons. The van der Waals surface area contributed by atoms with E-state index in [0.717, 1.165) is 12.8 Å². The number of aliphatic hydroxyl groups excluding tert-OH is 1. The third-order valence-corrected chi connectivity index (χ3v) is 3.33. The summed E-state index contributed by atoms with van der Waals surface area (Å²) in [6.07, 6.45) is 2.28. The van der Waals surface area contributed by atoms with Crippen molar-refractivity contribution in [2.75, 3.05) is 6.61 Å². The van der Waals surface area contributed by atoms with Gasteiger partial charge in [0.05, 0.1) is 12.0 Å². The predicted octanol–water partition coefficient (Wildman–Crippen LogP) is -0.934. The Bertz CT molecular complexity index is 295. The number of carbonyl (C=O) groups excluding carboxylic acids is 1. The van der Waals surface area contributed by atoms with Gasteiger partial charge in [-0.3, -0.25) is 4.79 Å². The molecule has 0 aromatic carbocycles. The van der Waals surface area contributed by atoms with E-state index in [1.165, 1.54) is 0 Å². The summed E-state index contributed by atoms with van der Waals surface area (Å²) in [4.78, 5) is 22.5. The Balaban J connectivity index is 2.67. The van der Waals surface area contributed by atoms with Crippen molar-refractivity contribution in [3.8, 4) is 0 Å². The van der Waals surface area contributed by atoms with E-state index in [9.17, 15) is 9.59 Å². The molecule has 3 atom stereocenters. The fourth-order valence-corrected chi connectivity index (χ4v) is 1.98. The van der Waals surface area contributed by atoms with E-state index in [1.807, 2.05) is 0 Å². The molecule has 1 aliphatic rings. The number of carboxylic acids is 1. The van der Waals surface area contributed by atoms with E-state index in [1.54, 1.807) is 6.92 Å². The predicted molar refractivity (Wildman–Crippen MR) is 56.6 cm³/mol. The number of aliphatic hydroxyl groups is 1. The maximum atomic E-state index is 11.9. The number of carboxylic acid groups (broad SMARTS) is 1. The van der Waals surface area contributed by atoms with Crippen LogP contribution in [0.2, 0.25) is 0 Å². The van der Waals surface area contributed by atoms with Gasteiger partial charge in [0.15, 0.2) is 0 Å². The highest BCUT2D eigenvalue weighted by molar-refractivity contribution is 5.88. The average Bonchev–Trinajstić information content (AvgIpc) is 2.56. The minimum absolute atomic E-state index is 0.249. The van der Waals surface area contributed by atoms with Gasteiger partial charge in [0, 0.05) is 6.04 Å². The Morgan fingerprint density at radius 2 is 2.25 bits per heavy atom. The molecule has 1 saturated carbocycles. The molecule has 6 heteroatoms. The van der Waals surface area contributed by atoms with Gasteiger partial charge >= 0.3 is 5.97 Å². The smallest absolute Gasteiger partial charge is 0.328 e. The summed E-state index contributed by atoms with van der Waals surface area (Å²) in [7, 11) is 0. The first-order chi connectivity index (χ1) is 7.41. The molecule has 0 saturated heterocycles. The second-order valence-electron chi connectivity index (χ2n) is 4.46. The standard InChI is InChI=1S/C10H18N2O4/c1-10(4-2-3-7(10)11)9(16)12-6(5-13)8(14)15/h6-7,13H,2-5,11H2,1H3,(H,12,16)(H,14,15)/t6-,7?,10?/m0/s1. The first-order valence-corrected chi connectivity index (χ1v) is 5.32. The summed E-state index contributed by atoms with van der Waals surface area (Å²) < 4.78 is 0. The summed E-state index contributed by atoms with van der Waals surface area (Å²) in [5.41, 5.74) is 5.12. The van der Waals surface area contributed by atoms with Gasteiger partial charge in [-0.1, -0.05) is 6.42 Å². The molecule has 2 unspecified atom stereocenters. The number of carbonyl (C=O) groups is 2. The zero-order chi connectivity index (χ0) is 12.3. The quantitative estimate of drug-likeness (QED) is 0.498. The van der Waals surface area contributed by atoms with Gasteiger partial charge in [-0.15, -0.1) is 0 Å². The molecule has 0 heterocycles. The first kappa shape index (κ1) is 12.9. The maximum Gasteiger partial charge on any atom is 0.328 e. The van der Waals surface area contributed by atoms with Crippen molar-refractivity contribution in [2.24, 2.45) is 11.1 Å². The molecule has 0 aliphatic heterocycles. The first-order valence-electron chi connectivity index (χ1n) is 5.32. The molecule has 0 spiro atoms. The van der Waals surface area contributed by atoms with Crippen LogP contribution in [-0.4, -0.2) is 40.8 Å². The number of hydrogen-bond acceptors (Lipinski definition) is 4. The number of amides is 1. The molecule has 0 bridgehead atoms. The number of hydrogen-bond donors (Lipinski definition) is 4. The topological polar surface area (TPSA) is 113 Å². The lowest BCUT2D eigenvalue weighted by Gasteiger charge is -2.28. The molecule has 0 aromatic heterocycles. The van der Waals surface area contributed by atoms with Crippen LogP contribution in [-0.2, 0) is 9.59 Å². The van der Waals surface area contributed by atoms with Gasteiger partial charge < -0.3 is 21.3 Å². The third-order valence-electron chi connectivity index (χ3n) is 3.33. The maximum absolute atomic E-state index is 11.9. The number of nitrogens with two attached hydrogens (primary N) is 1. The van der Waals surface area contributed by atoms with Crippen LogP contribution in [0.3, 0.4) is 0 Å². The van der Waals surface area contributed by atoms with E-state index in [2.05, 4.69) is 5.32 Å². The number of rotatable bonds is 4. The van der Waals surface area contributed by atoms with Crippen molar-refractivity contribution in [1.82, 2.24) is 5.32 Å². The van der Waals surface area contributed by atoms with Crippen LogP contribution in [0.5, 0.6) is 0 Å². The minimum Gasteiger partial charge on any atom is -0.480 e. The van der Waals surface area contributed by atoms with E-state index in [-0.39, 0.29) is 11.9 Å². The van der Waals surface area contributed by atoms with E-state index in [4.69, 9.17) is 15.9 Å². The highest BCUT2D eigenvalue weighted by atomic mass is 16.4. The van der Waals surface area contributed by atoms with Crippen molar-refractivity contribution in [1.29, 1.82) is 0 Å². The Morgan fingerprint density at radius 3 is 2.62 bits per heavy atom. The van der Waals surface area contributed by atoms with Crippen LogP contribution in [0.15, 0.2) is 0 Å². The zero-order valence-electron chi connectivity index (χ0n) is 9.27. The highest BCUT2D eigenvalue weighted by Gasteiger charge is 2.43. The second kappa shape index (κ2) is 4.80. The third kappa shape index (κ3) is 2.33. The van der Waals surface area contributed by atoms with E-state index < -0.39 is 24.0 Å².